The van der Waals surface area contributed by atoms with Crippen molar-refractivity contribution in [1.82, 2.24) is 4.90 Å². The molecular formula is C28H35NO7. The molecule has 0 bridgehead atoms. The first-order valence-electron chi connectivity index (χ1n) is 12.1. The Labute approximate surface area is 212 Å². The maximum absolute atomic E-state index is 13.2. The average molecular weight is 498 g/mol. The van der Waals surface area contributed by atoms with Gasteiger partial charge in [0, 0.05) is 25.8 Å². The zero-order valence-electron chi connectivity index (χ0n) is 21.6. The van der Waals surface area contributed by atoms with Crippen molar-refractivity contribution in [2.75, 3.05) is 41.1 Å². The van der Waals surface area contributed by atoms with Gasteiger partial charge < -0.3 is 29.0 Å². The van der Waals surface area contributed by atoms with Gasteiger partial charge in [0.05, 0.1) is 32.4 Å². The number of methoxy groups -OCH3 is 3. The van der Waals surface area contributed by atoms with Gasteiger partial charge in [-0.15, -0.1) is 0 Å². The van der Waals surface area contributed by atoms with E-state index in [9.17, 15) is 14.7 Å². The third kappa shape index (κ3) is 5.65. The molecule has 0 spiro atoms. The molecule has 1 saturated heterocycles. The minimum absolute atomic E-state index is 0.0312. The van der Waals surface area contributed by atoms with Gasteiger partial charge in [-0.1, -0.05) is 19.4 Å². The van der Waals surface area contributed by atoms with Gasteiger partial charge in [-0.3, -0.25) is 9.59 Å². The number of ketones is 1. The minimum atomic E-state index is -0.789. The number of aliphatic hydroxyl groups is 1. The van der Waals surface area contributed by atoms with Crippen LogP contribution < -0.4 is 14.2 Å². The molecule has 1 amide bonds. The number of unbranched alkanes of at least 4 members (excludes halogenated alkanes) is 1. The Morgan fingerprint density at radius 1 is 0.944 bits per heavy atom. The van der Waals surface area contributed by atoms with Gasteiger partial charge in [-0.2, -0.15) is 0 Å². The Hall–Kier alpha value is -3.52. The summed E-state index contributed by atoms with van der Waals surface area (Å²) in [6.07, 6.45) is 2.45. The number of ether oxygens (including phenoxy) is 4. The smallest absolute Gasteiger partial charge is 0.295 e. The number of aliphatic hydroxyl groups excluding tert-OH is 1. The predicted molar refractivity (Wildman–Crippen MR) is 137 cm³/mol. The van der Waals surface area contributed by atoms with E-state index in [2.05, 4.69) is 6.92 Å². The molecule has 1 aliphatic heterocycles. The lowest BCUT2D eigenvalue weighted by Gasteiger charge is -2.26. The Morgan fingerprint density at radius 3 is 2.31 bits per heavy atom. The molecule has 2 aromatic rings. The van der Waals surface area contributed by atoms with Crippen LogP contribution in [0.5, 0.6) is 17.2 Å². The number of benzene rings is 2. The number of nitrogens with zero attached hydrogens (tertiary/aromatic N) is 1. The van der Waals surface area contributed by atoms with Crippen LogP contribution >= 0.6 is 0 Å². The quantitative estimate of drug-likeness (QED) is 0.197. The van der Waals surface area contributed by atoms with Crippen molar-refractivity contribution < 1.29 is 33.6 Å². The highest BCUT2D eigenvalue weighted by Crippen LogP contribution is 2.42. The van der Waals surface area contributed by atoms with Crippen molar-refractivity contribution >= 4 is 17.4 Å². The fourth-order valence-electron chi connectivity index (χ4n) is 4.32. The molecule has 1 N–H and O–H groups in total. The second-order valence-electron chi connectivity index (χ2n) is 8.64. The number of likely N-dealkylation sites (tertiary alicyclic amines) is 1. The van der Waals surface area contributed by atoms with E-state index in [-0.39, 0.29) is 11.3 Å². The lowest BCUT2D eigenvalue weighted by atomic mass is 9.94. The standard InChI is InChI=1S/C28H35NO7/c1-6-7-15-36-22-12-9-19(17-23(22)35-5)25-24(27(31)28(32)29(25)13-8-14-33-3)26(30)20-10-11-21(34-4)18(2)16-20/h9-12,16-17,25,30H,6-8,13-15H2,1-5H3/t25-/m1/s1. The SMILES string of the molecule is CCCCOc1ccc([C@@H]2C(=C(O)c3ccc(OC)c(C)c3)C(=O)C(=O)N2CCCOC)cc1OC. The molecule has 194 valence electrons. The van der Waals surface area contributed by atoms with Crippen molar-refractivity contribution in [1.29, 1.82) is 0 Å². The van der Waals surface area contributed by atoms with E-state index in [0.717, 1.165) is 18.4 Å². The second-order valence-corrected chi connectivity index (χ2v) is 8.64. The number of aryl methyl sites for hydroxylation is 1. The molecular weight excluding hydrogens is 462 g/mol. The van der Waals surface area contributed by atoms with Crippen LogP contribution in [0.4, 0.5) is 0 Å². The first kappa shape index (κ1) is 27.1. The van der Waals surface area contributed by atoms with Gasteiger partial charge in [0.25, 0.3) is 11.7 Å². The van der Waals surface area contributed by atoms with E-state index in [4.69, 9.17) is 18.9 Å². The van der Waals surface area contributed by atoms with Crippen LogP contribution in [0.1, 0.15) is 48.9 Å². The van der Waals surface area contributed by atoms with E-state index < -0.39 is 17.7 Å². The number of rotatable bonds is 12. The predicted octanol–water partition coefficient (Wildman–Crippen LogP) is 4.65. The molecule has 8 nitrogen and oxygen atoms in total. The lowest BCUT2D eigenvalue weighted by molar-refractivity contribution is -0.140. The molecule has 1 atom stereocenters. The number of amides is 1. The maximum atomic E-state index is 13.2. The molecule has 1 aliphatic rings. The van der Waals surface area contributed by atoms with Gasteiger partial charge in [-0.25, -0.2) is 0 Å². The molecule has 0 aromatic heterocycles. The Balaban J connectivity index is 2.11. The monoisotopic (exact) mass is 497 g/mol. The van der Waals surface area contributed by atoms with E-state index in [1.807, 2.05) is 6.92 Å². The van der Waals surface area contributed by atoms with Crippen molar-refractivity contribution in [2.24, 2.45) is 0 Å². The minimum Gasteiger partial charge on any atom is -0.507 e. The van der Waals surface area contributed by atoms with Crippen LogP contribution in [0.15, 0.2) is 42.0 Å². The zero-order chi connectivity index (χ0) is 26.2. The van der Waals surface area contributed by atoms with Crippen LogP contribution in [0.25, 0.3) is 5.76 Å². The molecule has 8 heteroatoms. The van der Waals surface area contributed by atoms with Gasteiger partial charge in [0.2, 0.25) is 0 Å². The molecule has 0 aliphatic carbocycles. The molecule has 2 aromatic carbocycles. The first-order valence-corrected chi connectivity index (χ1v) is 12.1. The van der Waals surface area contributed by atoms with E-state index in [1.165, 1.54) is 4.90 Å². The summed E-state index contributed by atoms with van der Waals surface area (Å²) in [5, 5.41) is 11.3. The van der Waals surface area contributed by atoms with Crippen molar-refractivity contribution in [3.63, 3.8) is 0 Å². The number of hydrogen-bond donors (Lipinski definition) is 1. The van der Waals surface area contributed by atoms with Crippen molar-refractivity contribution in [3.05, 3.63) is 58.7 Å². The zero-order valence-corrected chi connectivity index (χ0v) is 21.6. The van der Waals surface area contributed by atoms with Crippen LogP contribution in [0.3, 0.4) is 0 Å². The van der Waals surface area contributed by atoms with E-state index in [0.29, 0.717) is 54.6 Å². The van der Waals surface area contributed by atoms with Gasteiger partial charge in [-0.05, 0) is 61.2 Å². The molecule has 36 heavy (non-hydrogen) atoms. The van der Waals surface area contributed by atoms with Crippen molar-refractivity contribution in [2.45, 2.75) is 39.2 Å². The van der Waals surface area contributed by atoms with Crippen LogP contribution in [0.2, 0.25) is 0 Å². The lowest BCUT2D eigenvalue weighted by Crippen LogP contribution is -2.31. The Morgan fingerprint density at radius 2 is 1.67 bits per heavy atom. The molecule has 0 unspecified atom stereocenters. The molecule has 3 rings (SSSR count). The fourth-order valence-corrected chi connectivity index (χ4v) is 4.32. The summed E-state index contributed by atoms with van der Waals surface area (Å²) in [4.78, 5) is 27.8. The number of carbonyl (C=O) groups excluding carboxylic acids is 2. The molecule has 0 radical (unpaired) electrons. The summed E-state index contributed by atoms with van der Waals surface area (Å²) in [5.41, 5.74) is 1.89. The summed E-state index contributed by atoms with van der Waals surface area (Å²) < 4.78 is 21.9. The topological polar surface area (TPSA) is 94.5 Å². The summed E-state index contributed by atoms with van der Waals surface area (Å²) in [6.45, 7) is 5.21. The van der Waals surface area contributed by atoms with Gasteiger partial charge in [0.15, 0.2) is 11.5 Å². The average Bonchev–Trinajstić information content (AvgIpc) is 3.13. The van der Waals surface area contributed by atoms with Crippen molar-refractivity contribution in [3.8, 4) is 17.2 Å². The third-order valence-corrected chi connectivity index (χ3v) is 6.21. The summed E-state index contributed by atoms with van der Waals surface area (Å²) in [7, 11) is 4.69. The summed E-state index contributed by atoms with van der Waals surface area (Å²) >= 11 is 0. The van der Waals surface area contributed by atoms with Gasteiger partial charge >= 0.3 is 0 Å². The van der Waals surface area contributed by atoms with Crippen LogP contribution in [0, 0.1) is 6.92 Å². The Bertz CT molecular complexity index is 1120. The number of Topliss-reactive ketones (excluding diaryl/α,β-unsaturated/α-hetero) is 1. The fraction of sp³-hybridized carbons (Fsp3) is 0.429. The highest BCUT2D eigenvalue weighted by molar-refractivity contribution is 6.46. The highest BCUT2D eigenvalue weighted by atomic mass is 16.5. The first-order chi connectivity index (χ1) is 17.4. The number of hydrogen-bond acceptors (Lipinski definition) is 7. The largest absolute Gasteiger partial charge is 0.507 e. The summed E-state index contributed by atoms with van der Waals surface area (Å²) in [5.74, 6) is 0.103. The van der Waals surface area contributed by atoms with Gasteiger partial charge in [0.1, 0.15) is 11.5 Å². The normalized spacial score (nSPS) is 16.9. The number of carbonyl (C=O) groups is 2. The van der Waals surface area contributed by atoms with Crippen LogP contribution in [-0.2, 0) is 14.3 Å². The summed E-state index contributed by atoms with van der Waals surface area (Å²) in [6, 6.07) is 9.67. The Kier molecular flexibility index (Phi) is 9.36. The third-order valence-electron chi connectivity index (χ3n) is 6.21. The molecule has 1 heterocycles. The molecule has 1 fully saturated rings. The highest BCUT2D eigenvalue weighted by Gasteiger charge is 2.46. The molecule has 0 saturated carbocycles. The van der Waals surface area contributed by atoms with E-state index >= 15 is 0 Å². The van der Waals surface area contributed by atoms with Crippen LogP contribution in [-0.4, -0.2) is 62.8 Å². The second kappa shape index (κ2) is 12.4. The maximum Gasteiger partial charge on any atom is 0.295 e. The van der Waals surface area contributed by atoms with E-state index in [1.54, 1.807) is 57.7 Å².